The molecule has 0 aliphatic rings. The predicted molar refractivity (Wildman–Crippen MR) is 61.6 cm³/mol. The Bertz CT molecular complexity index is 576. The van der Waals surface area contributed by atoms with E-state index in [1.165, 1.54) is 13.2 Å². The lowest BCUT2D eigenvalue weighted by Gasteiger charge is -2.10. The number of nitrogens with two attached hydrogens (primary N) is 1. The summed E-state index contributed by atoms with van der Waals surface area (Å²) < 4.78 is 36.3. The molecule has 18 heavy (non-hydrogen) atoms. The van der Waals surface area contributed by atoms with Crippen LogP contribution >= 0.6 is 0 Å². The third-order valence-electron chi connectivity index (χ3n) is 2.17. The Labute approximate surface area is 102 Å². The number of ether oxygens (including phenoxy) is 2. The van der Waals surface area contributed by atoms with Crippen LogP contribution in [-0.2, 0) is 0 Å². The van der Waals surface area contributed by atoms with Crippen LogP contribution in [0.15, 0.2) is 30.5 Å². The molecule has 2 aromatic rings. The first-order chi connectivity index (χ1) is 8.60. The summed E-state index contributed by atoms with van der Waals surface area (Å²) in [7, 11) is 1.44. The van der Waals surface area contributed by atoms with Crippen LogP contribution in [-0.4, -0.2) is 12.1 Å². The third kappa shape index (κ3) is 2.48. The van der Waals surface area contributed by atoms with Crippen LogP contribution in [0.5, 0.6) is 17.4 Å². The molecule has 2 rings (SSSR count). The summed E-state index contributed by atoms with van der Waals surface area (Å²) in [5.74, 6) is -1.45. The maximum absolute atomic E-state index is 13.4. The zero-order valence-electron chi connectivity index (χ0n) is 9.48. The second kappa shape index (κ2) is 4.87. The number of benzene rings is 1. The Morgan fingerprint density at radius 3 is 2.61 bits per heavy atom. The zero-order chi connectivity index (χ0) is 13.1. The molecule has 94 valence electrons. The first kappa shape index (κ1) is 12.1. The topological polar surface area (TPSA) is 57.4 Å². The van der Waals surface area contributed by atoms with E-state index in [9.17, 15) is 8.78 Å². The van der Waals surface area contributed by atoms with E-state index in [1.807, 2.05) is 0 Å². The number of halogens is 2. The number of hydrogen-bond donors (Lipinski definition) is 1. The van der Waals surface area contributed by atoms with Gasteiger partial charge in [-0.25, -0.2) is 13.8 Å². The van der Waals surface area contributed by atoms with Crippen molar-refractivity contribution in [1.29, 1.82) is 0 Å². The van der Waals surface area contributed by atoms with Gasteiger partial charge in [0.2, 0.25) is 0 Å². The molecule has 0 saturated heterocycles. The van der Waals surface area contributed by atoms with E-state index < -0.39 is 11.6 Å². The van der Waals surface area contributed by atoms with Crippen LogP contribution in [0.1, 0.15) is 0 Å². The smallest absolute Gasteiger partial charge is 0.256 e. The van der Waals surface area contributed by atoms with Crippen LogP contribution in [0.4, 0.5) is 14.5 Å². The van der Waals surface area contributed by atoms with Crippen LogP contribution in [0.2, 0.25) is 0 Å². The maximum Gasteiger partial charge on any atom is 0.256 e. The zero-order valence-corrected chi connectivity index (χ0v) is 9.48. The fraction of sp³-hybridized carbons (Fsp3) is 0.0833. The molecule has 0 radical (unpaired) electrons. The molecule has 1 aromatic carbocycles. The van der Waals surface area contributed by atoms with Gasteiger partial charge in [-0.1, -0.05) is 0 Å². The van der Waals surface area contributed by atoms with E-state index >= 15 is 0 Å². The highest BCUT2D eigenvalue weighted by molar-refractivity contribution is 5.52. The minimum absolute atomic E-state index is 0.204. The monoisotopic (exact) mass is 252 g/mol. The summed E-state index contributed by atoms with van der Waals surface area (Å²) in [5, 5.41) is 0. The highest BCUT2D eigenvalue weighted by Crippen LogP contribution is 2.33. The van der Waals surface area contributed by atoms with Crippen molar-refractivity contribution in [3.8, 4) is 17.4 Å². The van der Waals surface area contributed by atoms with E-state index in [0.717, 1.165) is 6.20 Å². The number of pyridine rings is 1. The van der Waals surface area contributed by atoms with Crippen molar-refractivity contribution >= 4 is 5.69 Å². The van der Waals surface area contributed by atoms with Gasteiger partial charge in [0, 0.05) is 17.8 Å². The van der Waals surface area contributed by atoms with E-state index in [1.54, 1.807) is 12.1 Å². The second-order valence-electron chi connectivity index (χ2n) is 3.45. The molecule has 0 amide bonds. The van der Waals surface area contributed by atoms with Gasteiger partial charge >= 0.3 is 0 Å². The van der Waals surface area contributed by atoms with E-state index in [-0.39, 0.29) is 11.6 Å². The van der Waals surface area contributed by atoms with Gasteiger partial charge < -0.3 is 15.2 Å². The Balaban J connectivity index is 2.36. The van der Waals surface area contributed by atoms with E-state index in [2.05, 4.69) is 4.98 Å². The summed E-state index contributed by atoms with van der Waals surface area (Å²) in [6.07, 6.45) is 0.858. The Kier molecular flexibility index (Phi) is 3.27. The van der Waals surface area contributed by atoms with Gasteiger partial charge in [0.25, 0.3) is 5.88 Å². The van der Waals surface area contributed by atoms with Crippen molar-refractivity contribution in [3.05, 3.63) is 42.1 Å². The van der Waals surface area contributed by atoms with Gasteiger partial charge in [0.1, 0.15) is 5.82 Å². The highest BCUT2D eigenvalue weighted by Gasteiger charge is 2.11. The van der Waals surface area contributed by atoms with Gasteiger partial charge in [-0.05, 0) is 12.1 Å². The molecule has 0 bridgehead atoms. The van der Waals surface area contributed by atoms with E-state index in [0.29, 0.717) is 17.5 Å². The number of methoxy groups -OCH3 is 1. The standard InChI is InChI=1S/C12H10F2N2O2/c1-17-10-3-2-8(15)5-11(10)18-12-9(14)4-7(13)6-16-12/h2-6H,15H2,1H3. The summed E-state index contributed by atoms with van der Waals surface area (Å²) in [4.78, 5) is 3.51. The molecule has 2 N–H and O–H groups in total. The number of rotatable bonds is 3. The van der Waals surface area contributed by atoms with Gasteiger partial charge in [-0.3, -0.25) is 0 Å². The number of anilines is 1. The molecule has 0 spiro atoms. The molecule has 4 nitrogen and oxygen atoms in total. The first-order valence-electron chi connectivity index (χ1n) is 5.02. The molecule has 1 heterocycles. The van der Waals surface area contributed by atoms with Gasteiger partial charge in [0.05, 0.1) is 13.3 Å². The van der Waals surface area contributed by atoms with Crippen molar-refractivity contribution in [2.24, 2.45) is 0 Å². The SMILES string of the molecule is COc1ccc(N)cc1Oc1ncc(F)cc1F. The molecule has 6 heteroatoms. The average molecular weight is 252 g/mol. The van der Waals surface area contributed by atoms with Gasteiger partial charge in [-0.2, -0.15) is 0 Å². The lowest BCUT2D eigenvalue weighted by Crippen LogP contribution is -1.96. The van der Waals surface area contributed by atoms with Crippen LogP contribution in [0, 0.1) is 11.6 Å². The predicted octanol–water partition coefficient (Wildman–Crippen LogP) is 2.74. The number of nitrogen functional groups attached to an aromatic ring is 1. The second-order valence-corrected chi connectivity index (χ2v) is 3.45. The lowest BCUT2D eigenvalue weighted by molar-refractivity contribution is 0.362. The molecule has 0 fully saturated rings. The van der Waals surface area contributed by atoms with Crippen molar-refractivity contribution in [1.82, 2.24) is 4.98 Å². The Hall–Kier alpha value is -2.37. The van der Waals surface area contributed by atoms with E-state index in [4.69, 9.17) is 15.2 Å². The minimum Gasteiger partial charge on any atom is -0.493 e. The normalized spacial score (nSPS) is 10.2. The van der Waals surface area contributed by atoms with Gasteiger partial charge in [0.15, 0.2) is 17.3 Å². The van der Waals surface area contributed by atoms with Gasteiger partial charge in [-0.15, -0.1) is 0 Å². The fourth-order valence-corrected chi connectivity index (χ4v) is 1.35. The molecule has 0 aliphatic carbocycles. The highest BCUT2D eigenvalue weighted by atomic mass is 19.1. The lowest BCUT2D eigenvalue weighted by atomic mass is 10.3. The first-order valence-corrected chi connectivity index (χ1v) is 5.02. The molecule has 1 aromatic heterocycles. The van der Waals surface area contributed by atoms with Crippen molar-refractivity contribution in [3.63, 3.8) is 0 Å². The molecule has 0 saturated carbocycles. The fourth-order valence-electron chi connectivity index (χ4n) is 1.35. The van der Waals surface area contributed by atoms with Crippen molar-refractivity contribution in [2.45, 2.75) is 0 Å². The average Bonchev–Trinajstić information content (AvgIpc) is 2.33. The molecular formula is C12H10F2N2O2. The summed E-state index contributed by atoms with van der Waals surface area (Å²) in [6, 6.07) is 5.33. The molecule has 0 atom stereocenters. The summed E-state index contributed by atoms with van der Waals surface area (Å²) in [6.45, 7) is 0. The van der Waals surface area contributed by atoms with Crippen LogP contribution < -0.4 is 15.2 Å². The Morgan fingerprint density at radius 1 is 1.17 bits per heavy atom. The maximum atomic E-state index is 13.4. The van der Waals surface area contributed by atoms with Crippen LogP contribution in [0.3, 0.4) is 0 Å². The van der Waals surface area contributed by atoms with Crippen LogP contribution in [0.25, 0.3) is 0 Å². The summed E-state index contributed by atoms with van der Waals surface area (Å²) in [5.41, 5.74) is 6.01. The third-order valence-corrected chi connectivity index (χ3v) is 2.17. The quantitative estimate of drug-likeness (QED) is 0.853. The number of hydrogen-bond acceptors (Lipinski definition) is 4. The largest absolute Gasteiger partial charge is 0.493 e. The molecule has 0 aliphatic heterocycles. The number of aromatic nitrogens is 1. The minimum atomic E-state index is -0.903. The Morgan fingerprint density at radius 2 is 1.94 bits per heavy atom. The number of nitrogens with zero attached hydrogens (tertiary/aromatic N) is 1. The van der Waals surface area contributed by atoms with Crippen molar-refractivity contribution < 1.29 is 18.3 Å². The van der Waals surface area contributed by atoms with Crippen molar-refractivity contribution in [2.75, 3.05) is 12.8 Å². The molecular weight excluding hydrogens is 242 g/mol. The summed E-state index contributed by atoms with van der Waals surface area (Å²) >= 11 is 0. The molecule has 0 unspecified atom stereocenters.